The van der Waals surface area contributed by atoms with Crippen molar-refractivity contribution in [2.24, 2.45) is 0 Å². The molecule has 0 radical (unpaired) electrons. The summed E-state index contributed by atoms with van der Waals surface area (Å²) >= 11 is 4.04. The second-order valence-electron chi connectivity index (χ2n) is 3.50. The van der Waals surface area contributed by atoms with E-state index < -0.39 is 15.9 Å². The Morgan fingerprint density at radius 1 is 1.31 bits per heavy atom. The van der Waals surface area contributed by atoms with E-state index in [9.17, 15) is 13.5 Å². The summed E-state index contributed by atoms with van der Waals surface area (Å²) in [5.41, 5.74) is 0.726. The summed E-state index contributed by atoms with van der Waals surface area (Å²) in [7, 11) is -3.15. The van der Waals surface area contributed by atoms with Crippen molar-refractivity contribution in [3.63, 3.8) is 0 Å². The maximum atomic E-state index is 11.5. The summed E-state index contributed by atoms with van der Waals surface area (Å²) in [5.74, 6) is 0.682. The minimum Gasteiger partial charge on any atom is -0.388 e. The van der Waals surface area contributed by atoms with Crippen LogP contribution in [0, 0.1) is 0 Å². The van der Waals surface area contributed by atoms with E-state index in [-0.39, 0.29) is 5.75 Å². The molecule has 0 aliphatic heterocycles. The Hall–Kier alpha value is -0.520. The smallest absolute Gasteiger partial charge is 0.178 e. The zero-order valence-electron chi connectivity index (χ0n) is 9.13. The Bertz CT molecular complexity index is 423. The van der Waals surface area contributed by atoms with Gasteiger partial charge in [-0.25, -0.2) is 8.42 Å². The number of aliphatic hydroxyl groups is 1. The molecule has 0 aliphatic carbocycles. The van der Waals surface area contributed by atoms with E-state index in [1.807, 2.05) is 0 Å². The molecule has 1 aromatic rings. The van der Waals surface area contributed by atoms with Gasteiger partial charge in [-0.05, 0) is 29.9 Å². The highest BCUT2D eigenvalue weighted by Gasteiger charge is 2.12. The van der Waals surface area contributed by atoms with Crippen molar-refractivity contribution in [1.82, 2.24) is 0 Å². The van der Waals surface area contributed by atoms with Crippen LogP contribution in [0.3, 0.4) is 0 Å². The van der Waals surface area contributed by atoms with E-state index in [4.69, 9.17) is 0 Å². The summed E-state index contributed by atoms with van der Waals surface area (Å²) in [5, 5.41) is 9.67. The molecule has 0 heterocycles. The van der Waals surface area contributed by atoms with Crippen LogP contribution in [0.15, 0.2) is 29.2 Å². The number of sulfone groups is 1. The molecule has 90 valence electrons. The molecule has 0 saturated carbocycles. The quantitative estimate of drug-likeness (QED) is 0.794. The average Bonchev–Trinajstić information content (AvgIpc) is 2.29. The first-order valence-corrected chi connectivity index (χ1v) is 7.41. The summed E-state index contributed by atoms with van der Waals surface area (Å²) in [6, 6.07) is 6.37. The van der Waals surface area contributed by atoms with E-state index in [1.54, 1.807) is 19.1 Å². The Kier molecular flexibility index (Phi) is 4.83. The van der Waals surface area contributed by atoms with E-state index in [0.717, 1.165) is 5.56 Å². The van der Waals surface area contributed by atoms with Crippen molar-refractivity contribution in [1.29, 1.82) is 0 Å². The van der Waals surface area contributed by atoms with Gasteiger partial charge < -0.3 is 5.11 Å². The lowest BCUT2D eigenvalue weighted by Gasteiger charge is -2.10. The van der Waals surface area contributed by atoms with Crippen molar-refractivity contribution >= 4 is 22.5 Å². The number of hydrogen-bond acceptors (Lipinski definition) is 4. The van der Waals surface area contributed by atoms with Gasteiger partial charge >= 0.3 is 0 Å². The van der Waals surface area contributed by atoms with E-state index in [2.05, 4.69) is 12.6 Å². The molecule has 0 bridgehead atoms. The van der Waals surface area contributed by atoms with E-state index >= 15 is 0 Å². The third kappa shape index (κ3) is 3.23. The van der Waals surface area contributed by atoms with Crippen LogP contribution >= 0.6 is 12.6 Å². The molecule has 0 saturated heterocycles. The second kappa shape index (κ2) is 5.70. The molecule has 0 fully saturated rings. The average molecular weight is 260 g/mol. The molecule has 0 amide bonds. The first-order chi connectivity index (χ1) is 7.51. The molecule has 1 N–H and O–H groups in total. The molecule has 0 aliphatic rings. The molecule has 0 aromatic heterocycles. The summed E-state index contributed by atoms with van der Waals surface area (Å²) < 4.78 is 23.1. The van der Waals surface area contributed by atoms with Crippen LogP contribution in [-0.4, -0.2) is 25.0 Å². The lowest BCUT2D eigenvalue weighted by molar-refractivity contribution is 0.175. The summed E-state index contributed by atoms with van der Waals surface area (Å²) in [6.45, 7) is 1.61. The Morgan fingerprint density at radius 2 is 1.88 bits per heavy atom. The molecule has 1 rings (SSSR count). The van der Waals surface area contributed by atoms with Gasteiger partial charge in [-0.3, -0.25) is 0 Å². The maximum Gasteiger partial charge on any atom is 0.178 e. The highest BCUT2D eigenvalue weighted by atomic mass is 32.2. The van der Waals surface area contributed by atoms with Gasteiger partial charge in [0.05, 0.1) is 16.8 Å². The van der Waals surface area contributed by atoms with Crippen LogP contribution in [0.2, 0.25) is 0 Å². The van der Waals surface area contributed by atoms with Crippen LogP contribution in [-0.2, 0) is 9.84 Å². The molecule has 1 aromatic carbocycles. The van der Waals surface area contributed by atoms with Crippen molar-refractivity contribution in [3.05, 3.63) is 29.8 Å². The molecule has 3 nitrogen and oxygen atoms in total. The Balaban J connectivity index is 2.91. The predicted octanol–water partition coefficient (Wildman–Crippen LogP) is 1.83. The maximum absolute atomic E-state index is 11.5. The molecular formula is C11H16O3S2. The van der Waals surface area contributed by atoms with Crippen LogP contribution in [0.4, 0.5) is 0 Å². The molecule has 16 heavy (non-hydrogen) atoms. The van der Waals surface area contributed by atoms with Crippen molar-refractivity contribution in [2.75, 3.05) is 11.5 Å². The number of rotatable bonds is 5. The molecule has 1 atom stereocenters. The zero-order valence-corrected chi connectivity index (χ0v) is 10.8. The number of hydrogen-bond donors (Lipinski definition) is 2. The Morgan fingerprint density at radius 3 is 2.31 bits per heavy atom. The van der Waals surface area contributed by atoms with Crippen molar-refractivity contribution < 1.29 is 13.5 Å². The number of benzene rings is 1. The highest BCUT2D eigenvalue weighted by Crippen LogP contribution is 2.19. The second-order valence-corrected chi connectivity index (χ2v) is 6.23. The number of aliphatic hydroxyl groups excluding tert-OH is 1. The number of thiol groups is 1. The third-order valence-electron chi connectivity index (χ3n) is 2.41. The fourth-order valence-corrected chi connectivity index (χ4v) is 2.48. The molecule has 5 heteroatoms. The molecular weight excluding hydrogens is 244 g/mol. The van der Waals surface area contributed by atoms with Gasteiger partial charge in [0, 0.05) is 0 Å². The first kappa shape index (κ1) is 13.5. The topological polar surface area (TPSA) is 54.4 Å². The van der Waals surface area contributed by atoms with Crippen LogP contribution in [0.5, 0.6) is 0 Å². The molecule has 0 spiro atoms. The SMILES string of the molecule is CCS(=O)(=O)c1ccc(C(O)CCS)cc1. The summed E-state index contributed by atoms with van der Waals surface area (Å²) in [6.07, 6.45) is -0.0147. The van der Waals surface area contributed by atoms with Gasteiger partial charge in [0.25, 0.3) is 0 Å². The molecule has 1 unspecified atom stereocenters. The standard InChI is InChI=1S/C11H16O3S2/c1-2-16(13,14)10-5-3-9(4-6-10)11(12)7-8-15/h3-6,11-12,15H,2,7-8H2,1H3. The van der Waals surface area contributed by atoms with E-state index in [1.165, 1.54) is 12.1 Å². The van der Waals surface area contributed by atoms with Gasteiger partial charge in [0.15, 0.2) is 9.84 Å². The minimum absolute atomic E-state index is 0.0888. The van der Waals surface area contributed by atoms with Crippen LogP contribution in [0.25, 0.3) is 0 Å². The highest BCUT2D eigenvalue weighted by molar-refractivity contribution is 7.91. The summed E-state index contributed by atoms with van der Waals surface area (Å²) in [4.78, 5) is 0.303. The Labute approximate surface area is 102 Å². The lowest BCUT2D eigenvalue weighted by atomic mass is 10.1. The van der Waals surface area contributed by atoms with Gasteiger partial charge in [-0.2, -0.15) is 12.6 Å². The van der Waals surface area contributed by atoms with Gasteiger partial charge in [0.1, 0.15) is 0 Å². The minimum atomic E-state index is -3.15. The van der Waals surface area contributed by atoms with Gasteiger partial charge in [-0.1, -0.05) is 19.1 Å². The zero-order chi connectivity index (χ0) is 12.2. The van der Waals surface area contributed by atoms with E-state index in [0.29, 0.717) is 17.1 Å². The van der Waals surface area contributed by atoms with Crippen molar-refractivity contribution in [2.45, 2.75) is 24.3 Å². The van der Waals surface area contributed by atoms with Gasteiger partial charge in [0.2, 0.25) is 0 Å². The lowest BCUT2D eigenvalue weighted by Crippen LogP contribution is -2.04. The first-order valence-electron chi connectivity index (χ1n) is 5.13. The fourth-order valence-electron chi connectivity index (χ4n) is 1.35. The van der Waals surface area contributed by atoms with Crippen LogP contribution < -0.4 is 0 Å². The monoisotopic (exact) mass is 260 g/mol. The van der Waals surface area contributed by atoms with Crippen LogP contribution in [0.1, 0.15) is 25.0 Å². The largest absolute Gasteiger partial charge is 0.388 e. The van der Waals surface area contributed by atoms with Gasteiger partial charge in [-0.15, -0.1) is 0 Å². The fraction of sp³-hybridized carbons (Fsp3) is 0.455. The third-order valence-corrected chi connectivity index (χ3v) is 4.42. The predicted molar refractivity (Wildman–Crippen MR) is 67.6 cm³/mol. The van der Waals surface area contributed by atoms with Crippen molar-refractivity contribution in [3.8, 4) is 0 Å². The normalized spacial score (nSPS) is 13.7.